The fraction of sp³-hybridized carbons (Fsp3) is 0. The number of benzene rings is 12. The van der Waals surface area contributed by atoms with Crippen LogP contribution in [0.2, 0.25) is 0 Å². The summed E-state index contributed by atoms with van der Waals surface area (Å²) in [6, 6.07) is 102. The molecule has 0 N–H and O–H groups in total. The molecule has 13 rings (SSSR count). The quantitative estimate of drug-likeness (QED) is 0.121. The van der Waals surface area contributed by atoms with Crippen LogP contribution in [0.5, 0.6) is 0 Å². The van der Waals surface area contributed by atoms with Gasteiger partial charge in [-0.25, -0.2) is 0 Å². The van der Waals surface area contributed by atoms with Gasteiger partial charge in [-0.15, -0.1) is 0 Å². The van der Waals surface area contributed by atoms with E-state index < -0.39 is 0 Å². The largest absolute Gasteiger partial charge is 0.455 e. The number of nitrogens with zero attached hydrogens (tertiary/aromatic N) is 3. The fourth-order valence-electron chi connectivity index (χ4n) is 10.6. The molecule has 0 aliphatic rings. The summed E-state index contributed by atoms with van der Waals surface area (Å²) in [5.41, 5.74) is 15.9. The van der Waals surface area contributed by atoms with Crippen LogP contribution >= 0.6 is 0 Å². The van der Waals surface area contributed by atoms with Gasteiger partial charge in [0, 0.05) is 67.3 Å². The number of furan rings is 1. The van der Waals surface area contributed by atoms with E-state index in [4.69, 9.17) is 4.42 Å². The second kappa shape index (κ2) is 18.4. The molecule has 72 heavy (non-hydrogen) atoms. The van der Waals surface area contributed by atoms with E-state index >= 15 is 0 Å². The van der Waals surface area contributed by atoms with Crippen molar-refractivity contribution in [3.8, 4) is 22.3 Å². The lowest BCUT2D eigenvalue weighted by Gasteiger charge is -2.31. The minimum absolute atomic E-state index is 0.880. The highest BCUT2D eigenvalue weighted by Gasteiger charge is 2.22. The first-order valence-electron chi connectivity index (χ1n) is 24.5. The molecular weight excluding hydrogens is 875 g/mol. The number of para-hydroxylation sites is 4. The van der Waals surface area contributed by atoms with Crippen molar-refractivity contribution in [1.82, 2.24) is 0 Å². The van der Waals surface area contributed by atoms with Gasteiger partial charge in [-0.1, -0.05) is 182 Å². The molecule has 0 saturated heterocycles. The van der Waals surface area contributed by atoms with Crippen LogP contribution in [0, 0.1) is 0 Å². The predicted molar refractivity (Wildman–Crippen MR) is 304 cm³/mol. The Morgan fingerprint density at radius 2 is 0.597 bits per heavy atom. The number of anilines is 9. The highest BCUT2D eigenvalue weighted by atomic mass is 16.3. The van der Waals surface area contributed by atoms with Crippen LogP contribution in [0.15, 0.2) is 290 Å². The first-order valence-corrected chi connectivity index (χ1v) is 24.5. The minimum atomic E-state index is 0.880. The summed E-state index contributed by atoms with van der Waals surface area (Å²) in [6.07, 6.45) is 0. The second-order valence-corrected chi connectivity index (χ2v) is 18.1. The maximum atomic E-state index is 6.73. The lowest BCUT2D eigenvalue weighted by molar-refractivity contribution is 0.673. The summed E-state index contributed by atoms with van der Waals surface area (Å²) in [6.45, 7) is 0. The molecule has 4 nitrogen and oxygen atoms in total. The van der Waals surface area contributed by atoms with Crippen LogP contribution < -0.4 is 14.7 Å². The first kappa shape index (κ1) is 42.5. The fourth-order valence-corrected chi connectivity index (χ4v) is 10.6. The molecule has 13 aromatic rings. The van der Waals surface area contributed by atoms with Crippen molar-refractivity contribution in [3.05, 3.63) is 285 Å². The third-order valence-corrected chi connectivity index (χ3v) is 13.8. The molecule has 340 valence electrons. The molecule has 0 saturated carbocycles. The molecular formula is C68H47N3O. The molecule has 0 aliphatic heterocycles. The third-order valence-electron chi connectivity index (χ3n) is 13.8. The topological polar surface area (TPSA) is 22.9 Å². The third kappa shape index (κ3) is 7.68. The first-order chi connectivity index (χ1) is 35.7. The van der Waals surface area contributed by atoms with E-state index in [9.17, 15) is 0 Å². The zero-order valence-corrected chi connectivity index (χ0v) is 39.4. The Hall–Kier alpha value is -9.64. The Balaban J connectivity index is 1.02. The molecule has 0 aliphatic carbocycles. The summed E-state index contributed by atoms with van der Waals surface area (Å²) in [7, 11) is 0. The Kier molecular flexibility index (Phi) is 10.8. The smallest absolute Gasteiger partial charge is 0.143 e. The molecule has 0 bridgehead atoms. The Morgan fingerprint density at radius 3 is 1.18 bits per heavy atom. The summed E-state index contributed by atoms with van der Waals surface area (Å²) < 4.78 is 6.73. The molecule has 1 heterocycles. The van der Waals surface area contributed by atoms with Crippen LogP contribution in [0.1, 0.15) is 0 Å². The molecule has 4 heteroatoms. The molecule has 0 amide bonds. The predicted octanol–water partition coefficient (Wildman–Crippen LogP) is 19.6. The molecule has 0 unspecified atom stereocenters. The average molecular weight is 922 g/mol. The van der Waals surface area contributed by atoms with Crippen molar-refractivity contribution in [2.75, 3.05) is 14.7 Å². The van der Waals surface area contributed by atoms with Crippen molar-refractivity contribution < 1.29 is 4.42 Å². The van der Waals surface area contributed by atoms with Crippen LogP contribution in [0.25, 0.3) is 65.7 Å². The molecule has 0 fully saturated rings. The number of hydrogen-bond acceptors (Lipinski definition) is 4. The van der Waals surface area contributed by atoms with Crippen LogP contribution in [0.4, 0.5) is 51.2 Å². The lowest BCUT2D eigenvalue weighted by Crippen LogP contribution is -2.14. The summed E-state index contributed by atoms with van der Waals surface area (Å²) in [5, 5.41) is 6.82. The van der Waals surface area contributed by atoms with Gasteiger partial charge in [0.2, 0.25) is 0 Å². The van der Waals surface area contributed by atoms with Gasteiger partial charge in [0.05, 0.1) is 0 Å². The van der Waals surface area contributed by atoms with Gasteiger partial charge >= 0.3 is 0 Å². The van der Waals surface area contributed by atoms with Crippen molar-refractivity contribution in [3.63, 3.8) is 0 Å². The Bertz CT molecular complexity index is 4020. The Morgan fingerprint density at radius 1 is 0.222 bits per heavy atom. The van der Waals surface area contributed by atoms with Gasteiger partial charge in [-0.2, -0.15) is 0 Å². The lowest BCUT2D eigenvalue weighted by atomic mass is 9.94. The molecule has 12 aromatic carbocycles. The summed E-state index contributed by atoms with van der Waals surface area (Å²) in [5.74, 6) is 0. The van der Waals surface area contributed by atoms with E-state index in [0.717, 1.165) is 94.8 Å². The van der Waals surface area contributed by atoms with E-state index in [1.807, 2.05) is 0 Å². The SMILES string of the molecule is c1ccc(-c2ccccc2-c2cccc(N(c3cccc(N(c4ccccc4)c4cccc(N(c5ccccc5)c5ccccc5)c4)c3)c3ccc4c5ccccc5c5oc6ccccc6c5c4c3)c2)cc1. The van der Waals surface area contributed by atoms with Gasteiger partial charge in [0.25, 0.3) is 0 Å². The van der Waals surface area contributed by atoms with Gasteiger partial charge in [-0.3, -0.25) is 0 Å². The van der Waals surface area contributed by atoms with E-state index in [2.05, 4.69) is 300 Å². The highest BCUT2D eigenvalue weighted by Crippen LogP contribution is 2.47. The van der Waals surface area contributed by atoms with E-state index in [1.165, 1.54) is 22.1 Å². The molecule has 0 radical (unpaired) electrons. The van der Waals surface area contributed by atoms with E-state index in [0.29, 0.717) is 0 Å². The van der Waals surface area contributed by atoms with Gasteiger partial charge in [0.15, 0.2) is 0 Å². The van der Waals surface area contributed by atoms with Crippen molar-refractivity contribution in [2.45, 2.75) is 0 Å². The zero-order chi connectivity index (χ0) is 47.8. The normalized spacial score (nSPS) is 11.3. The van der Waals surface area contributed by atoms with Crippen molar-refractivity contribution in [1.29, 1.82) is 0 Å². The van der Waals surface area contributed by atoms with Crippen LogP contribution in [-0.2, 0) is 0 Å². The minimum Gasteiger partial charge on any atom is -0.455 e. The highest BCUT2D eigenvalue weighted by molar-refractivity contribution is 6.30. The maximum Gasteiger partial charge on any atom is 0.143 e. The molecule has 0 spiro atoms. The van der Waals surface area contributed by atoms with Crippen molar-refractivity contribution >= 4 is 94.7 Å². The standard InChI is InChI=1S/C68H47N3O/c1-5-22-48(23-6-1)59-36-13-14-37-60(59)49-24-19-31-53(44-49)71(58-42-43-62-61-38-15-16-39-63(61)68-67(65(62)47-58)64-40-17-18-41-66(64)72-68)57-35-21-34-56(46-57)70(52-29-11-4-12-30-52)55-33-20-32-54(45-55)69(50-25-7-2-8-26-50)51-27-9-3-10-28-51/h1-47H. The Labute approximate surface area is 419 Å². The molecule has 1 aromatic heterocycles. The van der Waals surface area contributed by atoms with Crippen molar-refractivity contribution in [2.24, 2.45) is 0 Å². The van der Waals surface area contributed by atoms with Gasteiger partial charge < -0.3 is 19.1 Å². The number of rotatable bonds is 11. The van der Waals surface area contributed by atoms with Crippen LogP contribution in [0.3, 0.4) is 0 Å². The second-order valence-electron chi connectivity index (χ2n) is 18.1. The number of hydrogen-bond donors (Lipinski definition) is 0. The maximum absolute atomic E-state index is 6.73. The van der Waals surface area contributed by atoms with Gasteiger partial charge in [-0.05, 0) is 142 Å². The average Bonchev–Trinajstić information content (AvgIpc) is 3.85. The van der Waals surface area contributed by atoms with E-state index in [-0.39, 0.29) is 0 Å². The number of fused-ring (bicyclic) bond motifs is 8. The van der Waals surface area contributed by atoms with E-state index in [1.54, 1.807) is 0 Å². The summed E-state index contributed by atoms with van der Waals surface area (Å²) >= 11 is 0. The summed E-state index contributed by atoms with van der Waals surface area (Å²) in [4.78, 5) is 7.09. The molecule has 0 atom stereocenters. The van der Waals surface area contributed by atoms with Gasteiger partial charge in [0.1, 0.15) is 11.2 Å². The monoisotopic (exact) mass is 921 g/mol. The zero-order valence-electron chi connectivity index (χ0n) is 39.4. The van der Waals surface area contributed by atoms with Crippen LogP contribution in [-0.4, -0.2) is 0 Å².